The standard InChI is InChI=1S/C18H19NO3/c1-13-8-10-17(22-3)15(12-13)19-18(20)11-9-14-6-4-5-7-16(14)21-2/h4-12H,1-3H3,(H,19,20). The first kappa shape index (κ1) is 15.6. The van der Waals surface area contributed by atoms with Gasteiger partial charge in [0.05, 0.1) is 19.9 Å². The molecule has 0 fully saturated rings. The number of nitrogens with one attached hydrogen (secondary N) is 1. The van der Waals surface area contributed by atoms with E-state index in [9.17, 15) is 4.79 Å². The number of para-hydroxylation sites is 1. The molecule has 0 atom stereocenters. The Morgan fingerprint density at radius 2 is 1.77 bits per heavy atom. The zero-order valence-electron chi connectivity index (χ0n) is 12.9. The lowest BCUT2D eigenvalue weighted by Crippen LogP contribution is -2.09. The molecule has 4 heteroatoms. The average Bonchev–Trinajstić information content (AvgIpc) is 2.53. The monoisotopic (exact) mass is 297 g/mol. The molecule has 0 aliphatic rings. The van der Waals surface area contributed by atoms with Crippen molar-refractivity contribution in [1.29, 1.82) is 0 Å². The van der Waals surface area contributed by atoms with Crippen molar-refractivity contribution in [3.8, 4) is 11.5 Å². The Labute approximate surface area is 130 Å². The Kier molecular flexibility index (Phi) is 5.20. The maximum absolute atomic E-state index is 12.1. The molecule has 0 radical (unpaired) electrons. The predicted octanol–water partition coefficient (Wildman–Crippen LogP) is 3.66. The van der Waals surface area contributed by atoms with Gasteiger partial charge in [0.25, 0.3) is 0 Å². The average molecular weight is 297 g/mol. The number of methoxy groups -OCH3 is 2. The van der Waals surface area contributed by atoms with Crippen LogP contribution in [0.5, 0.6) is 11.5 Å². The third-order valence-corrected chi connectivity index (χ3v) is 3.17. The molecule has 0 saturated carbocycles. The number of carbonyl (C=O) groups is 1. The molecule has 0 aliphatic carbocycles. The summed E-state index contributed by atoms with van der Waals surface area (Å²) in [7, 11) is 3.18. The van der Waals surface area contributed by atoms with Crippen molar-refractivity contribution in [3.05, 3.63) is 59.7 Å². The minimum atomic E-state index is -0.227. The normalized spacial score (nSPS) is 10.5. The highest BCUT2D eigenvalue weighted by Gasteiger charge is 2.06. The fourth-order valence-corrected chi connectivity index (χ4v) is 2.06. The number of aryl methyl sites for hydroxylation is 1. The van der Waals surface area contributed by atoms with E-state index in [2.05, 4.69) is 5.32 Å². The first-order chi connectivity index (χ1) is 10.6. The van der Waals surface area contributed by atoms with Crippen LogP contribution in [0.15, 0.2) is 48.5 Å². The van der Waals surface area contributed by atoms with Crippen molar-refractivity contribution >= 4 is 17.7 Å². The number of hydrogen-bond acceptors (Lipinski definition) is 3. The number of hydrogen-bond donors (Lipinski definition) is 1. The molecule has 2 rings (SSSR count). The minimum Gasteiger partial charge on any atom is -0.496 e. The molecule has 0 saturated heterocycles. The van der Waals surface area contributed by atoms with Gasteiger partial charge in [0, 0.05) is 11.6 Å². The highest BCUT2D eigenvalue weighted by Crippen LogP contribution is 2.25. The first-order valence-electron chi connectivity index (χ1n) is 6.90. The Morgan fingerprint density at radius 1 is 1.05 bits per heavy atom. The molecule has 4 nitrogen and oxygen atoms in total. The molecule has 0 heterocycles. The van der Waals surface area contributed by atoms with Crippen molar-refractivity contribution in [2.24, 2.45) is 0 Å². The van der Waals surface area contributed by atoms with Gasteiger partial charge in [0.2, 0.25) is 5.91 Å². The predicted molar refractivity (Wildman–Crippen MR) is 88.4 cm³/mol. The van der Waals surface area contributed by atoms with Gasteiger partial charge in [-0.15, -0.1) is 0 Å². The van der Waals surface area contributed by atoms with Crippen LogP contribution in [0.4, 0.5) is 5.69 Å². The highest BCUT2D eigenvalue weighted by atomic mass is 16.5. The fourth-order valence-electron chi connectivity index (χ4n) is 2.06. The molecule has 0 bridgehead atoms. The van der Waals surface area contributed by atoms with Gasteiger partial charge in [-0.05, 0) is 36.8 Å². The summed E-state index contributed by atoms with van der Waals surface area (Å²) in [6.07, 6.45) is 3.19. The Morgan fingerprint density at radius 3 is 2.50 bits per heavy atom. The van der Waals surface area contributed by atoms with Crippen molar-refractivity contribution in [2.75, 3.05) is 19.5 Å². The maximum atomic E-state index is 12.1. The van der Waals surface area contributed by atoms with Crippen LogP contribution >= 0.6 is 0 Å². The van der Waals surface area contributed by atoms with Crippen molar-refractivity contribution < 1.29 is 14.3 Å². The zero-order chi connectivity index (χ0) is 15.9. The topological polar surface area (TPSA) is 47.6 Å². The minimum absolute atomic E-state index is 0.227. The van der Waals surface area contributed by atoms with Crippen LogP contribution < -0.4 is 14.8 Å². The maximum Gasteiger partial charge on any atom is 0.248 e. The van der Waals surface area contributed by atoms with Gasteiger partial charge in [-0.1, -0.05) is 24.3 Å². The SMILES string of the molecule is COc1ccccc1C=CC(=O)Nc1cc(C)ccc1OC. The van der Waals surface area contributed by atoms with E-state index in [4.69, 9.17) is 9.47 Å². The molecule has 1 N–H and O–H groups in total. The summed E-state index contributed by atoms with van der Waals surface area (Å²) in [5.74, 6) is 1.12. The third kappa shape index (κ3) is 3.88. The highest BCUT2D eigenvalue weighted by molar-refractivity contribution is 6.03. The number of rotatable bonds is 5. The van der Waals surface area contributed by atoms with Crippen molar-refractivity contribution in [1.82, 2.24) is 0 Å². The molecule has 0 aromatic heterocycles. The second-order valence-corrected chi connectivity index (χ2v) is 4.77. The third-order valence-electron chi connectivity index (χ3n) is 3.17. The van der Waals surface area contributed by atoms with Crippen LogP contribution in [0, 0.1) is 6.92 Å². The van der Waals surface area contributed by atoms with Crippen molar-refractivity contribution in [3.63, 3.8) is 0 Å². The molecule has 0 unspecified atom stereocenters. The van der Waals surface area contributed by atoms with Gasteiger partial charge in [-0.3, -0.25) is 4.79 Å². The first-order valence-corrected chi connectivity index (χ1v) is 6.90. The number of carbonyl (C=O) groups excluding carboxylic acids is 1. The molecule has 1 amide bonds. The van der Waals surface area contributed by atoms with Crippen LogP contribution in [0.1, 0.15) is 11.1 Å². The molecule has 114 valence electrons. The summed E-state index contributed by atoms with van der Waals surface area (Å²) in [5, 5.41) is 2.82. The van der Waals surface area contributed by atoms with Gasteiger partial charge >= 0.3 is 0 Å². The fraction of sp³-hybridized carbons (Fsp3) is 0.167. The van der Waals surface area contributed by atoms with E-state index in [-0.39, 0.29) is 5.91 Å². The van der Waals surface area contributed by atoms with E-state index in [1.54, 1.807) is 20.3 Å². The second kappa shape index (κ2) is 7.31. The number of benzene rings is 2. The van der Waals surface area contributed by atoms with Gasteiger partial charge in [-0.2, -0.15) is 0 Å². The van der Waals surface area contributed by atoms with E-state index >= 15 is 0 Å². The van der Waals surface area contributed by atoms with E-state index < -0.39 is 0 Å². The number of ether oxygens (including phenoxy) is 2. The smallest absolute Gasteiger partial charge is 0.248 e. The van der Waals surface area contributed by atoms with Gasteiger partial charge in [0.1, 0.15) is 11.5 Å². The lowest BCUT2D eigenvalue weighted by atomic mass is 10.2. The molecular formula is C18H19NO3. The lowest BCUT2D eigenvalue weighted by Gasteiger charge is -2.09. The van der Waals surface area contributed by atoms with Gasteiger partial charge in [-0.25, -0.2) is 0 Å². The van der Waals surface area contributed by atoms with Crippen LogP contribution in [0.25, 0.3) is 6.08 Å². The summed E-state index contributed by atoms with van der Waals surface area (Å²) in [4.78, 5) is 12.1. The summed E-state index contributed by atoms with van der Waals surface area (Å²) in [6, 6.07) is 13.1. The van der Waals surface area contributed by atoms with Gasteiger partial charge in [0.15, 0.2) is 0 Å². The molecule has 2 aromatic carbocycles. The summed E-state index contributed by atoms with van der Waals surface area (Å²) < 4.78 is 10.5. The second-order valence-electron chi connectivity index (χ2n) is 4.77. The zero-order valence-corrected chi connectivity index (χ0v) is 12.9. The van der Waals surface area contributed by atoms with Gasteiger partial charge < -0.3 is 14.8 Å². The number of amides is 1. The van der Waals surface area contributed by atoms with E-state index in [0.717, 1.165) is 16.9 Å². The van der Waals surface area contributed by atoms with Crippen LogP contribution in [-0.4, -0.2) is 20.1 Å². The molecule has 0 spiro atoms. The lowest BCUT2D eigenvalue weighted by molar-refractivity contribution is -0.111. The largest absolute Gasteiger partial charge is 0.496 e. The Hall–Kier alpha value is -2.75. The van der Waals surface area contributed by atoms with E-state index in [0.29, 0.717) is 11.4 Å². The molecular weight excluding hydrogens is 278 g/mol. The Balaban J connectivity index is 2.13. The van der Waals surface area contributed by atoms with E-state index in [1.807, 2.05) is 49.4 Å². The van der Waals surface area contributed by atoms with Crippen LogP contribution in [0.2, 0.25) is 0 Å². The van der Waals surface area contributed by atoms with Crippen LogP contribution in [-0.2, 0) is 4.79 Å². The Bertz CT molecular complexity index is 692. The summed E-state index contributed by atoms with van der Waals surface area (Å²) in [5.41, 5.74) is 2.54. The summed E-state index contributed by atoms with van der Waals surface area (Å²) in [6.45, 7) is 1.96. The molecule has 0 aliphatic heterocycles. The molecule has 2 aromatic rings. The van der Waals surface area contributed by atoms with Crippen molar-refractivity contribution in [2.45, 2.75) is 6.92 Å². The number of anilines is 1. The quantitative estimate of drug-likeness (QED) is 0.857. The van der Waals surface area contributed by atoms with Crippen LogP contribution in [0.3, 0.4) is 0 Å². The van der Waals surface area contributed by atoms with E-state index in [1.165, 1.54) is 6.08 Å². The molecule has 22 heavy (non-hydrogen) atoms. The summed E-state index contributed by atoms with van der Waals surface area (Å²) >= 11 is 0.